The summed E-state index contributed by atoms with van der Waals surface area (Å²) in [5.41, 5.74) is 2.17. The van der Waals surface area contributed by atoms with Crippen LogP contribution in [0.1, 0.15) is 5.56 Å². The first-order valence-corrected chi connectivity index (χ1v) is 8.65. The van der Waals surface area contributed by atoms with Crippen molar-refractivity contribution in [1.82, 2.24) is 9.97 Å². The molecule has 0 bridgehead atoms. The molecule has 3 aromatic rings. The molecule has 0 spiro atoms. The Kier molecular flexibility index (Phi) is 5.07. The molecule has 7 heteroatoms. The Morgan fingerprint density at radius 3 is 2.62 bits per heavy atom. The number of nitrogens with zero attached hydrogens (tertiary/aromatic N) is 2. The van der Waals surface area contributed by atoms with Gasteiger partial charge in [-0.05, 0) is 36.4 Å². The second-order valence-corrected chi connectivity index (χ2v) is 7.04. The van der Waals surface area contributed by atoms with Crippen LogP contribution in [0.4, 0.5) is 11.5 Å². The molecule has 5 nitrogen and oxygen atoms in total. The van der Waals surface area contributed by atoms with Gasteiger partial charge in [-0.3, -0.25) is 0 Å². The lowest BCUT2D eigenvalue weighted by atomic mass is 10.2. The maximum absolute atomic E-state index is 11.7. The van der Waals surface area contributed by atoms with E-state index in [2.05, 4.69) is 21.2 Å². The Morgan fingerprint density at radius 1 is 1.12 bits per heavy atom. The summed E-state index contributed by atoms with van der Waals surface area (Å²) in [6.45, 7) is 0. The number of nitrogens with one attached hydrogen (secondary N) is 1. The number of anilines is 2. The minimum atomic E-state index is -3.30. The first kappa shape index (κ1) is 17.7. The Balaban J connectivity index is 0.00000208. The van der Waals surface area contributed by atoms with E-state index >= 15 is 0 Å². The van der Waals surface area contributed by atoms with Crippen molar-refractivity contribution in [2.75, 3.05) is 11.6 Å². The van der Waals surface area contributed by atoms with Gasteiger partial charge in [0.05, 0.1) is 10.4 Å². The summed E-state index contributed by atoms with van der Waals surface area (Å²) in [7, 11) is -3.30. The fourth-order valence-corrected chi connectivity index (χ4v) is 2.84. The number of rotatable bonds is 3. The zero-order valence-electron chi connectivity index (χ0n) is 12.7. The van der Waals surface area contributed by atoms with E-state index in [1.54, 1.807) is 12.1 Å². The number of hydrogen-bond acceptors (Lipinski definition) is 5. The van der Waals surface area contributed by atoms with Crippen LogP contribution in [0.15, 0.2) is 53.7 Å². The van der Waals surface area contributed by atoms with Gasteiger partial charge in [-0.1, -0.05) is 12.0 Å². The standard InChI is InChI=1S/C17H13N3O2S.ClH/c1-3-12-5-4-6-13(9-12)20-17-15-10-14(23(2,21)22)7-8-16(15)18-11-19-17;/h1,4-11H,2H3,(H,18,19,20);1H. The van der Waals surface area contributed by atoms with E-state index in [1.165, 1.54) is 18.6 Å². The molecule has 24 heavy (non-hydrogen) atoms. The number of halogens is 1. The molecule has 0 aliphatic carbocycles. The van der Waals surface area contributed by atoms with Gasteiger partial charge in [-0.2, -0.15) is 0 Å². The monoisotopic (exact) mass is 359 g/mol. The third-order valence-electron chi connectivity index (χ3n) is 3.33. The SMILES string of the molecule is C#Cc1cccc(Nc2ncnc3ccc(S(C)(=O)=O)cc23)c1.Cl. The molecule has 1 aromatic heterocycles. The van der Waals surface area contributed by atoms with Crippen molar-refractivity contribution < 1.29 is 8.42 Å². The van der Waals surface area contributed by atoms with Gasteiger partial charge in [-0.25, -0.2) is 18.4 Å². The highest BCUT2D eigenvalue weighted by molar-refractivity contribution is 7.90. The van der Waals surface area contributed by atoms with Gasteiger partial charge in [0, 0.05) is 22.9 Å². The van der Waals surface area contributed by atoms with Crippen LogP contribution in [0.25, 0.3) is 10.9 Å². The smallest absolute Gasteiger partial charge is 0.175 e. The highest BCUT2D eigenvalue weighted by Crippen LogP contribution is 2.25. The van der Waals surface area contributed by atoms with Crippen LogP contribution in [0.5, 0.6) is 0 Å². The predicted molar refractivity (Wildman–Crippen MR) is 97.6 cm³/mol. The van der Waals surface area contributed by atoms with Crippen molar-refractivity contribution in [2.45, 2.75) is 4.90 Å². The summed E-state index contributed by atoms with van der Waals surface area (Å²) < 4.78 is 23.5. The fourth-order valence-electron chi connectivity index (χ4n) is 2.19. The van der Waals surface area contributed by atoms with Crippen molar-refractivity contribution in [2.24, 2.45) is 0 Å². The summed E-state index contributed by atoms with van der Waals surface area (Å²) >= 11 is 0. The lowest BCUT2D eigenvalue weighted by Crippen LogP contribution is -2.00. The quantitative estimate of drug-likeness (QED) is 0.727. The number of terminal acetylenes is 1. The summed E-state index contributed by atoms with van der Waals surface area (Å²) in [5, 5.41) is 3.79. The molecule has 0 unspecified atom stereocenters. The van der Waals surface area contributed by atoms with Gasteiger partial charge in [0.1, 0.15) is 12.1 Å². The Labute approximate surface area is 146 Å². The fraction of sp³-hybridized carbons (Fsp3) is 0.0588. The molecule has 0 aliphatic heterocycles. The van der Waals surface area contributed by atoms with Crippen LogP contribution in [0, 0.1) is 12.3 Å². The molecule has 3 rings (SSSR count). The van der Waals surface area contributed by atoms with E-state index in [-0.39, 0.29) is 17.3 Å². The van der Waals surface area contributed by atoms with Crippen LogP contribution in [-0.4, -0.2) is 24.6 Å². The molecular weight excluding hydrogens is 346 g/mol. The van der Waals surface area contributed by atoms with E-state index < -0.39 is 9.84 Å². The zero-order valence-corrected chi connectivity index (χ0v) is 14.4. The van der Waals surface area contributed by atoms with Crippen molar-refractivity contribution in [3.05, 3.63) is 54.4 Å². The van der Waals surface area contributed by atoms with Gasteiger partial charge < -0.3 is 5.32 Å². The van der Waals surface area contributed by atoms with E-state index in [4.69, 9.17) is 6.42 Å². The van der Waals surface area contributed by atoms with Crippen molar-refractivity contribution in [3.63, 3.8) is 0 Å². The highest BCUT2D eigenvalue weighted by Gasteiger charge is 2.11. The molecule has 0 radical (unpaired) electrons. The zero-order chi connectivity index (χ0) is 16.4. The van der Waals surface area contributed by atoms with Crippen molar-refractivity contribution in [3.8, 4) is 12.3 Å². The average Bonchev–Trinajstić information content (AvgIpc) is 2.54. The Morgan fingerprint density at radius 2 is 1.92 bits per heavy atom. The molecule has 0 saturated carbocycles. The molecule has 0 aliphatic rings. The maximum Gasteiger partial charge on any atom is 0.175 e. The van der Waals surface area contributed by atoms with Crippen LogP contribution in [0.3, 0.4) is 0 Å². The number of hydrogen-bond donors (Lipinski definition) is 1. The maximum atomic E-state index is 11.7. The van der Waals surface area contributed by atoms with Gasteiger partial charge in [0.2, 0.25) is 0 Å². The number of benzene rings is 2. The average molecular weight is 360 g/mol. The minimum absolute atomic E-state index is 0. The Bertz CT molecular complexity index is 1040. The minimum Gasteiger partial charge on any atom is -0.340 e. The molecule has 0 saturated heterocycles. The first-order chi connectivity index (χ1) is 11.0. The van der Waals surface area contributed by atoms with Crippen LogP contribution < -0.4 is 5.32 Å². The number of sulfone groups is 1. The lowest BCUT2D eigenvalue weighted by Gasteiger charge is -2.09. The summed E-state index contributed by atoms with van der Waals surface area (Å²) in [5.74, 6) is 3.09. The molecule has 0 amide bonds. The summed E-state index contributed by atoms with van der Waals surface area (Å²) in [4.78, 5) is 8.60. The van der Waals surface area contributed by atoms with Crippen LogP contribution in [-0.2, 0) is 9.84 Å². The van der Waals surface area contributed by atoms with Crippen LogP contribution in [0.2, 0.25) is 0 Å². The summed E-state index contributed by atoms with van der Waals surface area (Å²) in [6, 6.07) is 12.1. The second kappa shape index (κ2) is 6.87. The topological polar surface area (TPSA) is 72.0 Å². The molecule has 0 atom stereocenters. The Hall–Kier alpha value is -2.62. The van der Waals surface area contributed by atoms with Gasteiger partial charge in [0.15, 0.2) is 9.84 Å². The number of aromatic nitrogens is 2. The number of fused-ring (bicyclic) bond motifs is 1. The second-order valence-electron chi connectivity index (χ2n) is 5.02. The lowest BCUT2D eigenvalue weighted by molar-refractivity contribution is 0.602. The van der Waals surface area contributed by atoms with Gasteiger partial charge in [0.25, 0.3) is 0 Å². The largest absolute Gasteiger partial charge is 0.340 e. The van der Waals surface area contributed by atoms with Crippen LogP contribution >= 0.6 is 12.4 Å². The predicted octanol–water partition coefficient (Wildman–Crippen LogP) is 3.18. The van der Waals surface area contributed by atoms with Gasteiger partial charge >= 0.3 is 0 Å². The normalized spacial score (nSPS) is 10.7. The molecule has 122 valence electrons. The van der Waals surface area contributed by atoms with E-state index in [9.17, 15) is 8.42 Å². The highest BCUT2D eigenvalue weighted by atomic mass is 35.5. The third kappa shape index (κ3) is 3.65. The van der Waals surface area contributed by atoms with Crippen molar-refractivity contribution >= 4 is 44.7 Å². The molecule has 0 fully saturated rings. The molecule has 2 aromatic carbocycles. The van der Waals surface area contributed by atoms with Gasteiger partial charge in [-0.15, -0.1) is 18.8 Å². The van der Waals surface area contributed by atoms with Crippen molar-refractivity contribution in [1.29, 1.82) is 0 Å². The molecule has 1 N–H and O–H groups in total. The van der Waals surface area contributed by atoms with E-state index in [0.29, 0.717) is 16.7 Å². The molecule has 1 heterocycles. The first-order valence-electron chi connectivity index (χ1n) is 6.76. The van der Waals surface area contributed by atoms with E-state index in [0.717, 1.165) is 11.3 Å². The molecular formula is C17H14ClN3O2S. The third-order valence-corrected chi connectivity index (χ3v) is 4.44. The summed E-state index contributed by atoms with van der Waals surface area (Å²) in [6.07, 6.45) is 7.99. The van der Waals surface area contributed by atoms with E-state index in [1.807, 2.05) is 24.3 Å².